The number of nitrogens with one attached hydrogen (secondary N) is 3. The van der Waals surface area contributed by atoms with Crippen molar-refractivity contribution in [3.63, 3.8) is 0 Å². The number of amides is 3. The summed E-state index contributed by atoms with van der Waals surface area (Å²) >= 11 is 1.34. The van der Waals surface area contributed by atoms with E-state index in [1.807, 2.05) is 25.1 Å². The number of thiophene rings is 1. The van der Waals surface area contributed by atoms with Crippen LogP contribution in [-0.4, -0.2) is 60.9 Å². The van der Waals surface area contributed by atoms with Crippen molar-refractivity contribution in [2.75, 3.05) is 13.7 Å². The fourth-order valence-electron chi connectivity index (χ4n) is 5.10. The summed E-state index contributed by atoms with van der Waals surface area (Å²) in [5, 5.41) is 8.47. The lowest BCUT2D eigenvalue weighted by atomic mass is 9.90. The van der Waals surface area contributed by atoms with Crippen LogP contribution in [0.15, 0.2) is 36.4 Å². The number of ether oxygens (including phenoxy) is 2. The third-order valence-electron chi connectivity index (χ3n) is 7.71. The highest BCUT2D eigenvalue weighted by molar-refractivity contribution is 7.13. The van der Waals surface area contributed by atoms with Crippen LogP contribution < -0.4 is 20.7 Å². The Morgan fingerprint density at radius 1 is 1.00 bits per heavy atom. The van der Waals surface area contributed by atoms with Crippen LogP contribution in [0.25, 0.3) is 0 Å². The molecule has 40 heavy (non-hydrogen) atoms. The van der Waals surface area contributed by atoms with Gasteiger partial charge in [-0.25, -0.2) is 0 Å². The van der Waals surface area contributed by atoms with Gasteiger partial charge in [0.1, 0.15) is 23.4 Å². The van der Waals surface area contributed by atoms with Crippen molar-refractivity contribution in [3.8, 4) is 5.75 Å². The van der Waals surface area contributed by atoms with Crippen molar-refractivity contribution in [3.05, 3.63) is 51.7 Å². The second kappa shape index (κ2) is 13.0. The molecule has 2 aromatic rings. The van der Waals surface area contributed by atoms with Crippen molar-refractivity contribution in [2.24, 2.45) is 5.92 Å². The molecule has 10 heteroatoms. The number of benzene rings is 1. The second-order valence-corrected chi connectivity index (χ2v) is 12.3. The standard InChI is InChI=1S/C30H39N3O6S/c1-18-9-14-25(40-18)29(37)31-19(2)27(35)33-24(16-21-10-12-22(38-4)13-11-21)28(36)32-23(15-20-7-5-6-8-20)26(34)30(3)17-39-30/h9-14,19-20,23-24H,5-8,15-17H2,1-4H3,(H,31,37)(H,32,36)(H,33,35)/t19-,23-,24-,30+/m0/s1. The summed E-state index contributed by atoms with van der Waals surface area (Å²) in [7, 11) is 1.57. The van der Waals surface area contributed by atoms with E-state index in [-0.39, 0.29) is 18.1 Å². The quantitative estimate of drug-likeness (QED) is 0.318. The van der Waals surface area contributed by atoms with Gasteiger partial charge in [0.25, 0.3) is 5.91 Å². The van der Waals surface area contributed by atoms with Gasteiger partial charge in [-0.05, 0) is 62.9 Å². The number of methoxy groups -OCH3 is 1. The molecule has 9 nitrogen and oxygen atoms in total. The molecule has 216 valence electrons. The Morgan fingerprint density at radius 2 is 1.65 bits per heavy atom. The first-order valence-corrected chi connectivity index (χ1v) is 14.7. The lowest BCUT2D eigenvalue weighted by Crippen LogP contribution is -2.57. The smallest absolute Gasteiger partial charge is 0.261 e. The van der Waals surface area contributed by atoms with E-state index in [1.54, 1.807) is 39.2 Å². The van der Waals surface area contributed by atoms with Crippen LogP contribution in [0.5, 0.6) is 5.75 Å². The van der Waals surface area contributed by atoms with Gasteiger partial charge in [-0.1, -0.05) is 37.8 Å². The molecular weight excluding hydrogens is 530 g/mol. The SMILES string of the molecule is COc1ccc(C[C@H](NC(=O)[C@H](C)NC(=O)c2ccc(C)s2)C(=O)N[C@@H](CC2CCCC2)C(=O)[C@@]2(C)CO2)cc1. The Kier molecular flexibility index (Phi) is 9.63. The summed E-state index contributed by atoms with van der Waals surface area (Å²) in [5.74, 6) is -0.384. The van der Waals surface area contributed by atoms with Crippen LogP contribution in [0.3, 0.4) is 0 Å². The molecule has 0 bridgehead atoms. The highest BCUT2D eigenvalue weighted by Gasteiger charge is 2.50. The normalized spacial score (nSPS) is 20.7. The van der Waals surface area contributed by atoms with E-state index in [9.17, 15) is 19.2 Å². The fraction of sp³-hybridized carbons (Fsp3) is 0.533. The number of epoxide rings is 1. The molecule has 3 amide bonds. The fourth-order valence-corrected chi connectivity index (χ4v) is 5.87. The van der Waals surface area contributed by atoms with E-state index in [0.717, 1.165) is 36.1 Å². The maximum atomic E-state index is 13.7. The van der Waals surface area contributed by atoms with Gasteiger partial charge >= 0.3 is 0 Å². The van der Waals surface area contributed by atoms with Crippen molar-refractivity contribution < 1.29 is 28.7 Å². The Hall–Kier alpha value is -3.24. The van der Waals surface area contributed by atoms with E-state index in [2.05, 4.69) is 16.0 Å². The zero-order chi connectivity index (χ0) is 28.9. The number of carbonyl (C=O) groups excluding carboxylic acids is 4. The van der Waals surface area contributed by atoms with Crippen LogP contribution in [0.2, 0.25) is 0 Å². The molecule has 1 saturated heterocycles. The molecule has 0 spiro atoms. The largest absolute Gasteiger partial charge is 0.497 e. The first-order valence-electron chi connectivity index (χ1n) is 13.9. The summed E-state index contributed by atoms with van der Waals surface area (Å²) in [5.41, 5.74) is -0.0623. The number of Topliss-reactive ketones (excluding diaryl/α,β-unsaturated/α-hetero) is 1. The van der Waals surface area contributed by atoms with Crippen LogP contribution in [-0.2, 0) is 25.5 Å². The third-order valence-corrected chi connectivity index (χ3v) is 8.71. The molecule has 1 aromatic carbocycles. The lowest BCUT2D eigenvalue weighted by molar-refractivity contribution is -0.133. The Labute approximate surface area is 239 Å². The molecular formula is C30H39N3O6S. The minimum absolute atomic E-state index is 0.130. The van der Waals surface area contributed by atoms with Crippen molar-refractivity contribution in [1.82, 2.24) is 16.0 Å². The highest BCUT2D eigenvalue weighted by Crippen LogP contribution is 2.33. The monoisotopic (exact) mass is 569 g/mol. The summed E-state index contributed by atoms with van der Waals surface area (Å²) < 4.78 is 10.6. The predicted octanol–water partition coefficient (Wildman–Crippen LogP) is 3.33. The number of hydrogen-bond acceptors (Lipinski definition) is 7. The average molecular weight is 570 g/mol. The summed E-state index contributed by atoms with van der Waals surface area (Å²) in [6, 6.07) is 8.25. The summed E-state index contributed by atoms with van der Waals surface area (Å²) in [4.78, 5) is 54.3. The number of carbonyl (C=O) groups is 4. The predicted molar refractivity (Wildman–Crippen MR) is 152 cm³/mol. The number of ketones is 1. The lowest BCUT2D eigenvalue weighted by Gasteiger charge is -2.26. The minimum Gasteiger partial charge on any atom is -0.497 e. The third kappa shape index (κ3) is 7.69. The number of hydrogen-bond donors (Lipinski definition) is 3. The zero-order valence-corrected chi connectivity index (χ0v) is 24.4. The first kappa shape index (κ1) is 29.7. The van der Waals surface area contributed by atoms with Crippen LogP contribution in [0.1, 0.15) is 66.1 Å². The first-order chi connectivity index (χ1) is 19.1. The van der Waals surface area contributed by atoms with E-state index in [1.165, 1.54) is 11.3 Å². The number of rotatable bonds is 13. The van der Waals surface area contributed by atoms with Gasteiger partial charge in [-0.3, -0.25) is 19.2 Å². The molecule has 4 atom stereocenters. The van der Waals surface area contributed by atoms with Gasteiger partial charge in [0, 0.05) is 11.3 Å². The zero-order valence-electron chi connectivity index (χ0n) is 23.6. The summed E-state index contributed by atoms with van der Waals surface area (Å²) in [6.07, 6.45) is 5.06. The van der Waals surface area contributed by atoms with Crippen molar-refractivity contribution >= 4 is 34.8 Å². The van der Waals surface area contributed by atoms with Gasteiger partial charge in [0.15, 0.2) is 5.78 Å². The molecule has 2 heterocycles. The van der Waals surface area contributed by atoms with E-state index < -0.39 is 35.5 Å². The summed E-state index contributed by atoms with van der Waals surface area (Å²) in [6.45, 7) is 5.57. The van der Waals surface area contributed by atoms with Crippen molar-refractivity contribution in [2.45, 2.75) is 83.0 Å². The van der Waals surface area contributed by atoms with Gasteiger partial charge in [0.05, 0.1) is 24.6 Å². The van der Waals surface area contributed by atoms with E-state index >= 15 is 0 Å². The molecule has 0 radical (unpaired) electrons. The maximum Gasteiger partial charge on any atom is 0.261 e. The molecule has 1 aliphatic heterocycles. The van der Waals surface area contributed by atoms with E-state index in [0.29, 0.717) is 29.6 Å². The molecule has 2 aliphatic rings. The molecule has 1 aromatic heterocycles. The van der Waals surface area contributed by atoms with Gasteiger partial charge < -0.3 is 25.4 Å². The molecule has 3 N–H and O–H groups in total. The topological polar surface area (TPSA) is 126 Å². The molecule has 0 unspecified atom stereocenters. The maximum absolute atomic E-state index is 13.7. The molecule has 2 fully saturated rings. The highest BCUT2D eigenvalue weighted by atomic mass is 32.1. The van der Waals surface area contributed by atoms with Gasteiger partial charge in [-0.15, -0.1) is 11.3 Å². The second-order valence-electron chi connectivity index (χ2n) is 11.0. The van der Waals surface area contributed by atoms with Crippen LogP contribution >= 0.6 is 11.3 Å². The van der Waals surface area contributed by atoms with Gasteiger partial charge in [-0.2, -0.15) is 0 Å². The Bertz CT molecular complexity index is 1220. The van der Waals surface area contributed by atoms with Crippen LogP contribution in [0, 0.1) is 12.8 Å². The van der Waals surface area contributed by atoms with Crippen LogP contribution in [0.4, 0.5) is 0 Å². The average Bonchev–Trinajstić information content (AvgIpc) is 3.28. The minimum atomic E-state index is -0.962. The molecule has 4 rings (SSSR count). The number of aryl methyl sites for hydroxylation is 1. The Balaban J connectivity index is 1.48. The molecule has 1 saturated carbocycles. The van der Waals surface area contributed by atoms with Crippen molar-refractivity contribution in [1.29, 1.82) is 0 Å². The molecule has 1 aliphatic carbocycles. The van der Waals surface area contributed by atoms with E-state index in [4.69, 9.17) is 9.47 Å². The Morgan fingerprint density at radius 3 is 2.23 bits per heavy atom. The van der Waals surface area contributed by atoms with Gasteiger partial charge in [0.2, 0.25) is 11.8 Å².